The number of amides is 2. The van der Waals surface area contributed by atoms with E-state index in [1.165, 1.54) is 12.1 Å². The number of carbonyl (C=O) groups excluding carboxylic acids is 1. The van der Waals surface area contributed by atoms with E-state index in [9.17, 15) is 27.9 Å². The molecule has 3 N–H and O–H groups in total. The first-order chi connectivity index (χ1) is 21.3. The lowest BCUT2D eigenvalue weighted by atomic mass is 9.87. The van der Waals surface area contributed by atoms with Crippen LogP contribution in [-0.4, -0.2) is 60.4 Å². The van der Waals surface area contributed by atoms with Gasteiger partial charge in [0.1, 0.15) is 18.1 Å². The van der Waals surface area contributed by atoms with E-state index in [1.807, 2.05) is 36.4 Å². The Morgan fingerprint density at radius 1 is 0.889 bits per heavy atom. The summed E-state index contributed by atoms with van der Waals surface area (Å²) in [6, 6.07) is 19.2. The van der Waals surface area contributed by atoms with E-state index >= 15 is 0 Å². The highest BCUT2D eigenvalue weighted by Gasteiger charge is 2.56. The van der Waals surface area contributed by atoms with Gasteiger partial charge >= 0.3 is 18.2 Å². The predicted octanol–water partition coefficient (Wildman–Crippen LogP) is 6.21. The molecule has 240 valence electrons. The van der Waals surface area contributed by atoms with Crippen LogP contribution in [0, 0.1) is 11.8 Å². The van der Waals surface area contributed by atoms with Gasteiger partial charge in [-0.15, -0.1) is 0 Å². The number of piperidine rings is 1. The number of alkyl halides is 3. The number of rotatable bonds is 11. The summed E-state index contributed by atoms with van der Waals surface area (Å²) in [5.74, 6) is 0.825. The van der Waals surface area contributed by atoms with Crippen LogP contribution in [0.3, 0.4) is 0 Å². The maximum atomic E-state index is 12.7. The number of hydrogen-bond acceptors (Lipinski definition) is 5. The topological polar surface area (TPSA) is 100 Å². The Hall–Kier alpha value is -4.25. The number of aliphatic carboxylic acids is 1. The molecule has 11 heteroatoms. The SMILES string of the molecule is CC(C)(C)c1ccc(O[C@@H](Cc2ccc(OCCNC3C4CN(C(=O)Nc5ccc(C(F)(F)F)cc5)C[C@@H]43)cc2)C(=O)O)cc1. The van der Waals surface area contributed by atoms with Gasteiger partial charge < -0.3 is 30.1 Å². The minimum atomic E-state index is -4.42. The summed E-state index contributed by atoms with van der Waals surface area (Å²) in [6.07, 6.45) is -5.23. The number of benzene rings is 3. The van der Waals surface area contributed by atoms with Gasteiger partial charge in [-0.2, -0.15) is 13.2 Å². The van der Waals surface area contributed by atoms with Crippen molar-refractivity contribution in [1.29, 1.82) is 0 Å². The first-order valence-corrected chi connectivity index (χ1v) is 15.0. The van der Waals surface area contributed by atoms with Gasteiger partial charge in [-0.05, 0) is 76.9 Å². The lowest BCUT2D eigenvalue weighted by Crippen LogP contribution is -2.38. The monoisotopic (exact) mass is 625 g/mol. The number of ether oxygens (including phenoxy) is 2. The van der Waals surface area contributed by atoms with Crippen molar-refractivity contribution >= 4 is 17.7 Å². The molecule has 0 spiro atoms. The molecule has 2 amide bonds. The Labute approximate surface area is 260 Å². The van der Waals surface area contributed by atoms with Crippen LogP contribution >= 0.6 is 0 Å². The van der Waals surface area contributed by atoms with Crippen molar-refractivity contribution in [2.45, 2.75) is 50.9 Å². The number of nitrogens with zero attached hydrogens (tertiary/aromatic N) is 1. The third kappa shape index (κ3) is 8.27. The van der Waals surface area contributed by atoms with Gasteiger partial charge in [-0.1, -0.05) is 45.0 Å². The van der Waals surface area contributed by atoms with Crippen LogP contribution in [0.15, 0.2) is 72.8 Å². The zero-order chi connectivity index (χ0) is 32.4. The van der Waals surface area contributed by atoms with Gasteiger partial charge in [0.05, 0.1) is 5.56 Å². The van der Waals surface area contributed by atoms with Gasteiger partial charge in [0.15, 0.2) is 6.10 Å². The molecule has 2 aliphatic rings. The maximum Gasteiger partial charge on any atom is 0.416 e. The molecule has 0 aromatic heterocycles. The molecule has 2 fully saturated rings. The van der Waals surface area contributed by atoms with E-state index in [0.717, 1.165) is 23.3 Å². The van der Waals surface area contributed by atoms with E-state index in [2.05, 4.69) is 31.4 Å². The number of nitrogens with one attached hydrogen (secondary N) is 2. The van der Waals surface area contributed by atoms with Crippen LogP contribution in [0.4, 0.5) is 23.7 Å². The Morgan fingerprint density at radius 3 is 2.02 bits per heavy atom. The van der Waals surface area contributed by atoms with Gasteiger partial charge in [-0.25, -0.2) is 9.59 Å². The molecular formula is C34H38F3N3O5. The third-order valence-electron chi connectivity index (χ3n) is 8.31. The number of likely N-dealkylation sites (tertiary alicyclic amines) is 1. The smallest absolute Gasteiger partial charge is 0.416 e. The number of carboxylic acid groups (broad SMARTS) is 1. The number of anilines is 1. The number of urea groups is 1. The first-order valence-electron chi connectivity index (χ1n) is 15.0. The lowest BCUT2D eigenvalue weighted by Gasteiger charge is -2.21. The maximum absolute atomic E-state index is 12.7. The molecule has 5 rings (SSSR count). The van der Waals surface area contributed by atoms with Crippen molar-refractivity contribution in [2.24, 2.45) is 11.8 Å². The second kappa shape index (κ2) is 13.0. The first kappa shape index (κ1) is 32.2. The molecule has 45 heavy (non-hydrogen) atoms. The van der Waals surface area contributed by atoms with Crippen LogP contribution in [0.1, 0.15) is 37.5 Å². The fourth-order valence-corrected chi connectivity index (χ4v) is 5.65. The molecule has 1 aliphatic heterocycles. The molecule has 1 saturated heterocycles. The van der Waals surface area contributed by atoms with Crippen LogP contribution in [0.25, 0.3) is 0 Å². The molecule has 0 radical (unpaired) electrons. The second-order valence-corrected chi connectivity index (χ2v) is 12.6. The van der Waals surface area contributed by atoms with Crippen molar-refractivity contribution in [3.8, 4) is 11.5 Å². The highest BCUT2D eigenvalue weighted by atomic mass is 19.4. The highest BCUT2D eigenvalue weighted by molar-refractivity contribution is 5.89. The van der Waals surface area contributed by atoms with Crippen molar-refractivity contribution in [3.05, 3.63) is 89.5 Å². The predicted molar refractivity (Wildman–Crippen MR) is 164 cm³/mol. The van der Waals surface area contributed by atoms with Crippen molar-refractivity contribution in [1.82, 2.24) is 10.2 Å². The number of hydrogen-bond donors (Lipinski definition) is 3. The summed E-state index contributed by atoms with van der Waals surface area (Å²) in [5.41, 5.74) is 1.52. The lowest BCUT2D eigenvalue weighted by molar-refractivity contribution is -0.145. The summed E-state index contributed by atoms with van der Waals surface area (Å²) in [7, 11) is 0. The van der Waals surface area contributed by atoms with E-state index in [-0.39, 0.29) is 17.9 Å². The number of halogens is 3. The quantitative estimate of drug-likeness (QED) is 0.219. The minimum absolute atomic E-state index is 0.00572. The molecule has 2 unspecified atom stereocenters. The molecule has 1 heterocycles. The zero-order valence-electron chi connectivity index (χ0n) is 25.4. The standard InChI is InChI=1S/C34H38F3N3O5/c1-33(2,3)22-8-14-26(15-9-22)45-29(31(41)42)18-21-4-12-25(13-5-21)44-17-16-38-30-27-19-40(20-28(27)30)32(43)39-24-10-6-23(7-11-24)34(35,36)37/h4-15,27-30,38H,16-20H2,1-3H3,(H,39,43)(H,41,42)/t27-,28?,29-,30?/m0/s1. The molecular weight excluding hydrogens is 587 g/mol. The fraction of sp³-hybridized carbons (Fsp3) is 0.412. The van der Waals surface area contributed by atoms with Crippen LogP contribution in [-0.2, 0) is 22.8 Å². The summed E-state index contributed by atoms with van der Waals surface area (Å²) < 4.78 is 49.9. The Morgan fingerprint density at radius 2 is 1.47 bits per heavy atom. The molecule has 1 aliphatic carbocycles. The summed E-state index contributed by atoms with van der Waals surface area (Å²) in [4.78, 5) is 26.1. The Kier molecular flexibility index (Phi) is 9.29. The van der Waals surface area contributed by atoms with Gasteiger partial charge in [0, 0.05) is 37.8 Å². The summed E-state index contributed by atoms with van der Waals surface area (Å²) >= 11 is 0. The largest absolute Gasteiger partial charge is 0.492 e. The number of fused-ring (bicyclic) bond motifs is 1. The fourth-order valence-electron chi connectivity index (χ4n) is 5.65. The van der Waals surface area contributed by atoms with E-state index in [4.69, 9.17) is 9.47 Å². The van der Waals surface area contributed by atoms with Gasteiger partial charge in [0.2, 0.25) is 0 Å². The van der Waals surface area contributed by atoms with Gasteiger partial charge in [-0.3, -0.25) is 0 Å². The van der Waals surface area contributed by atoms with Crippen molar-refractivity contribution < 1.29 is 37.3 Å². The average molecular weight is 626 g/mol. The van der Waals surface area contributed by atoms with Gasteiger partial charge in [0.25, 0.3) is 0 Å². The van der Waals surface area contributed by atoms with Crippen molar-refractivity contribution in [3.63, 3.8) is 0 Å². The summed E-state index contributed by atoms with van der Waals surface area (Å²) in [6.45, 7) is 8.58. The summed E-state index contributed by atoms with van der Waals surface area (Å²) in [5, 5.41) is 15.8. The Balaban J connectivity index is 0.997. The average Bonchev–Trinajstić information content (AvgIpc) is 3.42. The van der Waals surface area contributed by atoms with Crippen LogP contribution in [0.5, 0.6) is 11.5 Å². The third-order valence-corrected chi connectivity index (χ3v) is 8.31. The molecule has 3 aromatic carbocycles. The number of carbonyl (C=O) groups is 2. The molecule has 8 nitrogen and oxygen atoms in total. The Bertz CT molecular complexity index is 1460. The molecule has 3 aromatic rings. The minimum Gasteiger partial charge on any atom is -0.492 e. The second-order valence-electron chi connectivity index (χ2n) is 12.6. The molecule has 0 bridgehead atoms. The van der Waals surface area contributed by atoms with Crippen molar-refractivity contribution in [2.75, 3.05) is 31.6 Å². The van der Waals surface area contributed by atoms with E-state index in [0.29, 0.717) is 61.3 Å². The van der Waals surface area contributed by atoms with Crippen LogP contribution in [0.2, 0.25) is 0 Å². The normalized spacial score (nSPS) is 19.9. The number of carboxylic acids is 1. The van der Waals surface area contributed by atoms with E-state index in [1.54, 1.807) is 17.0 Å². The van der Waals surface area contributed by atoms with E-state index < -0.39 is 23.8 Å². The molecule has 4 atom stereocenters. The zero-order valence-corrected chi connectivity index (χ0v) is 25.4. The highest BCUT2D eigenvalue weighted by Crippen LogP contribution is 2.45. The van der Waals surface area contributed by atoms with Crippen LogP contribution < -0.4 is 20.1 Å². The molecule has 1 saturated carbocycles.